The highest BCUT2D eigenvalue weighted by Crippen LogP contribution is 2.21. The monoisotopic (exact) mass is 706 g/mol. The van der Waals surface area contributed by atoms with Crippen LogP contribution >= 0.6 is 0 Å². The average molecular weight is 707 g/mol. The lowest BCUT2D eigenvalue weighted by molar-refractivity contribution is -0.160. The number of hydrogen-bond acceptors (Lipinski definition) is 8. The Hall–Kier alpha value is -6.32. The Morgan fingerprint density at radius 1 is 0.863 bits per heavy atom. The van der Waals surface area contributed by atoms with E-state index in [1.165, 1.54) is 24.3 Å². The number of ether oxygens (including phenoxy) is 1. The Morgan fingerprint density at radius 3 is 2.12 bits per heavy atom. The Morgan fingerprint density at radius 2 is 1.49 bits per heavy atom. The summed E-state index contributed by atoms with van der Waals surface area (Å²) < 4.78 is 50.1. The van der Waals surface area contributed by atoms with Crippen LogP contribution in [-0.2, 0) is 43.5 Å². The molecule has 0 saturated heterocycles. The second kappa shape index (κ2) is 17.4. The number of amides is 4. The molecule has 1 heterocycles. The first kappa shape index (κ1) is 37.5. The van der Waals surface area contributed by atoms with Gasteiger partial charge in [-0.15, -0.1) is 0 Å². The van der Waals surface area contributed by atoms with Crippen LogP contribution < -0.4 is 26.8 Å². The summed E-state index contributed by atoms with van der Waals surface area (Å²) in [5.41, 5.74) is -0.209. The molecule has 0 radical (unpaired) electrons. The third-order valence-electron chi connectivity index (χ3n) is 7.21. The van der Waals surface area contributed by atoms with Gasteiger partial charge in [0.15, 0.2) is 0 Å². The van der Waals surface area contributed by atoms with E-state index in [4.69, 9.17) is 4.74 Å². The number of Topliss-reactive ketones (excluding diaryl/α,β-unsaturated/α-hetero) is 1. The molecule has 0 saturated carbocycles. The molecule has 51 heavy (non-hydrogen) atoms. The van der Waals surface area contributed by atoms with E-state index in [0.29, 0.717) is 11.1 Å². The maximum atomic E-state index is 15.2. The van der Waals surface area contributed by atoms with Crippen molar-refractivity contribution in [2.24, 2.45) is 0 Å². The molecule has 0 bridgehead atoms. The van der Waals surface area contributed by atoms with E-state index in [-0.39, 0.29) is 24.5 Å². The zero-order valence-electron chi connectivity index (χ0n) is 27.2. The van der Waals surface area contributed by atoms with Gasteiger partial charge in [0.1, 0.15) is 30.5 Å². The number of nitrogens with zero attached hydrogens (tertiary/aromatic N) is 2. The van der Waals surface area contributed by atoms with Crippen LogP contribution in [0.1, 0.15) is 18.1 Å². The molecule has 13 nitrogen and oxygen atoms in total. The SMILES string of the molecule is CCNC(=O)CNC(=O)C(F)(F)C(=O)C(Cc1ccccc1)NC(=O)Cn1c(-c2ccc(F)cc2)ncc(NC(=O)OCc2ccccc2)c1=O. The highest BCUT2D eigenvalue weighted by atomic mass is 19.3. The van der Waals surface area contributed by atoms with Crippen LogP contribution in [0.4, 0.5) is 23.7 Å². The van der Waals surface area contributed by atoms with Crippen LogP contribution in [0.15, 0.2) is 95.9 Å². The summed E-state index contributed by atoms with van der Waals surface area (Å²) in [4.78, 5) is 81.1. The maximum absolute atomic E-state index is 15.2. The van der Waals surface area contributed by atoms with E-state index in [2.05, 4.69) is 20.9 Å². The molecule has 4 amide bonds. The Kier molecular flexibility index (Phi) is 12.8. The van der Waals surface area contributed by atoms with Crippen molar-refractivity contribution < 1.29 is 41.9 Å². The van der Waals surface area contributed by atoms with Crippen LogP contribution in [-0.4, -0.2) is 64.2 Å². The normalized spacial score (nSPS) is 11.5. The molecule has 266 valence electrons. The maximum Gasteiger partial charge on any atom is 0.412 e. The summed E-state index contributed by atoms with van der Waals surface area (Å²) >= 11 is 0. The van der Waals surface area contributed by atoms with Crippen molar-refractivity contribution in [2.45, 2.75) is 38.5 Å². The number of benzene rings is 3. The molecular weight excluding hydrogens is 673 g/mol. The van der Waals surface area contributed by atoms with Crippen LogP contribution in [0.25, 0.3) is 11.4 Å². The third-order valence-corrected chi connectivity index (χ3v) is 7.21. The molecule has 0 aliphatic carbocycles. The topological polar surface area (TPSA) is 178 Å². The smallest absolute Gasteiger partial charge is 0.412 e. The number of halogens is 3. The van der Waals surface area contributed by atoms with Crippen molar-refractivity contribution in [1.82, 2.24) is 25.5 Å². The standard InChI is InChI=1S/C35H33F3N6O7/c1-2-39-28(45)19-41-33(49)35(37,38)30(47)26(17-22-9-5-3-6-10-22)42-29(46)20-44-31(24-13-15-25(36)16-14-24)40-18-27(32(44)48)43-34(50)51-21-23-11-7-4-8-12-23/h3-16,18,26H,2,17,19-21H2,1H3,(H,39,45)(H,41,49)(H,42,46)(H,43,50). The van der Waals surface area contributed by atoms with Gasteiger partial charge in [0, 0.05) is 18.5 Å². The first-order chi connectivity index (χ1) is 24.4. The van der Waals surface area contributed by atoms with E-state index in [1.54, 1.807) is 60.8 Å². The van der Waals surface area contributed by atoms with Crippen molar-refractivity contribution in [3.8, 4) is 11.4 Å². The van der Waals surface area contributed by atoms with Crippen LogP contribution in [0.3, 0.4) is 0 Å². The summed E-state index contributed by atoms with van der Waals surface area (Å²) in [6.45, 7) is -0.114. The quantitative estimate of drug-likeness (QED) is 0.136. The molecule has 0 aliphatic heterocycles. The molecule has 4 N–H and O–H groups in total. The van der Waals surface area contributed by atoms with Gasteiger partial charge in [0.25, 0.3) is 11.5 Å². The molecule has 1 aromatic heterocycles. The van der Waals surface area contributed by atoms with E-state index in [0.717, 1.165) is 22.9 Å². The zero-order chi connectivity index (χ0) is 37.0. The number of ketones is 1. The number of rotatable bonds is 15. The highest BCUT2D eigenvalue weighted by molar-refractivity contribution is 6.11. The molecular formula is C35H33F3N6O7. The minimum atomic E-state index is -4.68. The molecule has 1 unspecified atom stereocenters. The molecule has 0 aliphatic rings. The largest absolute Gasteiger partial charge is 0.444 e. The van der Waals surface area contributed by atoms with Crippen molar-refractivity contribution >= 4 is 35.3 Å². The van der Waals surface area contributed by atoms with Gasteiger partial charge in [0.2, 0.25) is 17.6 Å². The number of alkyl halides is 2. The number of likely N-dealkylation sites (N-methyl/N-ethyl adjacent to an activating group) is 1. The van der Waals surface area contributed by atoms with Gasteiger partial charge >= 0.3 is 12.0 Å². The summed E-state index contributed by atoms with van der Waals surface area (Å²) in [6.07, 6.45) is -0.498. The molecule has 0 spiro atoms. The van der Waals surface area contributed by atoms with E-state index in [9.17, 15) is 33.2 Å². The zero-order valence-corrected chi connectivity index (χ0v) is 27.2. The second-order valence-electron chi connectivity index (χ2n) is 11.0. The summed E-state index contributed by atoms with van der Waals surface area (Å²) in [7, 11) is 0. The minimum absolute atomic E-state index is 0.129. The molecule has 4 rings (SSSR count). The fourth-order valence-corrected chi connectivity index (χ4v) is 4.73. The Labute approximate surface area is 289 Å². The first-order valence-corrected chi connectivity index (χ1v) is 15.5. The lowest BCUT2D eigenvalue weighted by Gasteiger charge is -2.23. The highest BCUT2D eigenvalue weighted by Gasteiger charge is 2.50. The van der Waals surface area contributed by atoms with Gasteiger partial charge in [-0.25, -0.2) is 14.2 Å². The lowest BCUT2D eigenvalue weighted by atomic mass is 9.98. The molecule has 4 aromatic rings. The third kappa shape index (κ3) is 10.3. The number of nitrogens with one attached hydrogen (secondary N) is 4. The molecule has 16 heteroatoms. The second-order valence-corrected chi connectivity index (χ2v) is 11.0. The van der Waals surface area contributed by atoms with E-state index >= 15 is 8.78 Å². The fourth-order valence-electron chi connectivity index (χ4n) is 4.73. The first-order valence-electron chi connectivity index (χ1n) is 15.5. The number of carbonyl (C=O) groups is 5. The van der Waals surface area contributed by atoms with Crippen molar-refractivity contribution in [1.29, 1.82) is 0 Å². The molecule has 1 atom stereocenters. The van der Waals surface area contributed by atoms with Crippen LogP contribution in [0.5, 0.6) is 0 Å². The van der Waals surface area contributed by atoms with Gasteiger partial charge in [-0.05, 0) is 42.3 Å². The number of hydrogen-bond donors (Lipinski definition) is 4. The molecule has 0 fully saturated rings. The van der Waals surface area contributed by atoms with Gasteiger partial charge in [0.05, 0.1) is 18.8 Å². The Balaban J connectivity index is 1.61. The van der Waals surface area contributed by atoms with Gasteiger partial charge in [-0.1, -0.05) is 60.7 Å². The number of anilines is 1. The van der Waals surface area contributed by atoms with E-state index in [1.807, 2.05) is 0 Å². The summed E-state index contributed by atoms with van der Waals surface area (Å²) in [5.74, 6) is -11.4. The predicted octanol–water partition coefficient (Wildman–Crippen LogP) is 2.98. The predicted molar refractivity (Wildman–Crippen MR) is 178 cm³/mol. The minimum Gasteiger partial charge on any atom is -0.444 e. The van der Waals surface area contributed by atoms with Gasteiger partial charge in [-0.3, -0.25) is 33.9 Å². The fraction of sp³-hybridized carbons (Fsp3) is 0.229. The van der Waals surface area contributed by atoms with Crippen LogP contribution in [0.2, 0.25) is 0 Å². The van der Waals surface area contributed by atoms with Crippen molar-refractivity contribution in [3.05, 3.63) is 118 Å². The summed E-state index contributed by atoms with van der Waals surface area (Å²) in [5, 5.41) is 8.48. The van der Waals surface area contributed by atoms with Gasteiger partial charge < -0.3 is 20.7 Å². The number of carbonyl (C=O) groups excluding carboxylic acids is 5. The average Bonchev–Trinajstić information content (AvgIpc) is 3.12. The van der Waals surface area contributed by atoms with Crippen molar-refractivity contribution in [2.75, 3.05) is 18.4 Å². The summed E-state index contributed by atoms with van der Waals surface area (Å²) in [6, 6.07) is 19.2. The van der Waals surface area contributed by atoms with Gasteiger partial charge in [-0.2, -0.15) is 8.78 Å². The van der Waals surface area contributed by atoms with Crippen molar-refractivity contribution in [3.63, 3.8) is 0 Å². The number of aromatic nitrogens is 2. The lowest BCUT2D eigenvalue weighted by Crippen LogP contribution is -2.56. The molecule has 3 aromatic carbocycles. The van der Waals surface area contributed by atoms with E-state index < -0.39 is 78.1 Å². The Bertz CT molecular complexity index is 1920. The van der Waals surface area contributed by atoms with Crippen LogP contribution in [0, 0.1) is 5.82 Å².